The zero-order valence-electron chi connectivity index (χ0n) is 21.6. The Kier molecular flexibility index (Phi) is 5.67. The molecule has 2 aliphatic rings. The molecular weight excluding hydrogens is 545 g/mol. The number of benzene rings is 2. The summed E-state index contributed by atoms with van der Waals surface area (Å²) in [6.45, 7) is 8.17. The number of carbonyl (C=O) groups is 2. The molecule has 0 bridgehead atoms. The molecule has 2 aliphatic heterocycles. The van der Waals surface area contributed by atoms with Crippen molar-refractivity contribution in [2.45, 2.75) is 37.5 Å². The van der Waals surface area contributed by atoms with Crippen molar-refractivity contribution in [2.75, 3.05) is 0 Å². The number of rotatable bonds is 3. The second-order valence-electron chi connectivity index (χ2n) is 9.82. The number of furan rings is 2. The first kappa shape index (κ1) is 24.5. The maximum Gasteiger partial charge on any atom is 0.225 e. The van der Waals surface area contributed by atoms with Gasteiger partial charge in [-0.25, -0.2) is 0 Å². The fraction of sp³-hybridized carbons (Fsp3) is 0.125. The monoisotopic (exact) mass is 566 g/mol. The van der Waals surface area contributed by atoms with Gasteiger partial charge in [-0.05, 0) is 104 Å². The van der Waals surface area contributed by atoms with Crippen molar-refractivity contribution in [1.82, 2.24) is 0 Å². The number of carbonyl (C=O) groups excluding carboxylic acids is 2. The van der Waals surface area contributed by atoms with E-state index in [0.717, 1.165) is 64.8 Å². The van der Waals surface area contributed by atoms with Crippen LogP contribution in [0.3, 0.4) is 0 Å². The molecule has 5 aromatic rings. The molecule has 192 valence electrons. The van der Waals surface area contributed by atoms with Gasteiger partial charge in [0.25, 0.3) is 0 Å². The van der Waals surface area contributed by atoms with Crippen LogP contribution in [0, 0.1) is 27.7 Å². The van der Waals surface area contributed by atoms with Crippen LogP contribution in [0.1, 0.15) is 33.6 Å². The summed E-state index contributed by atoms with van der Waals surface area (Å²) in [4.78, 5) is 30.1. The Labute approximate surface area is 238 Å². The van der Waals surface area contributed by atoms with E-state index >= 15 is 0 Å². The highest BCUT2D eigenvalue weighted by Gasteiger charge is 2.36. The van der Waals surface area contributed by atoms with Gasteiger partial charge in [-0.2, -0.15) is 0 Å². The molecule has 0 radical (unpaired) electrons. The van der Waals surface area contributed by atoms with Crippen molar-refractivity contribution in [3.8, 4) is 32.6 Å². The van der Waals surface area contributed by atoms with E-state index in [9.17, 15) is 9.59 Å². The number of thiophene rings is 1. The molecule has 7 heteroatoms. The van der Waals surface area contributed by atoms with Crippen molar-refractivity contribution in [3.63, 3.8) is 0 Å². The van der Waals surface area contributed by atoms with E-state index < -0.39 is 0 Å². The molecule has 0 fully saturated rings. The topological polar surface area (TPSA) is 60.4 Å². The van der Waals surface area contributed by atoms with E-state index in [1.165, 1.54) is 34.7 Å². The van der Waals surface area contributed by atoms with E-state index in [1.807, 2.05) is 74.5 Å². The standard InChI is InChI=1S/C32H22O4S3/c1-15-5-8-20-25(13-15)37-31(33)27(20)28-21-9-7-19(14-26(21)38-32(28)34)22-11-12-24(36-22)30-18(4)17(3)29(39-30)23-10-6-16(2)35-23/h5-14H,1-4H3/b28-27+. The van der Waals surface area contributed by atoms with Gasteiger partial charge in [0, 0.05) is 37.6 Å². The Hall–Kier alpha value is -3.52. The number of fused-ring (bicyclic) bond motifs is 2. The summed E-state index contributed by atoms with van der Waals surface area (Å²) in [6.07, 6.45) is 0. The third-order valence-electron chi connectivity index (χ3n) is 7.25. The number of aryl methyl sites for hydroxylation is 2. The normalized spacial score (nSPS) is 16.3. The van der Waals surface area contributed by atoms with Crippen LogP contribution in [0.2, 0.25) is 0 Å². The number of hydrogen-bond acceptors (Lipinski definition) is 7. The molecule has 0 aliphatic carbocycles. The summed E-state index contributed by atoms with van der Waals surface area (Å²) >= 11 is 4.05. The molecule has 3 aromatic heterocycles. The second-order valence-corrected chi connectivity index (χ2v) is 12.9. The molecule has 0 atom stereocenters. The third-order valence-corrected chi connectivity index (χ3v) is 10.6. The van der Waals surface area contributed by atoms with E-state index in [-0.39, 0.29) is 10.2 Å². The van der Waals surface area contributed by atoms with Crippen LogP contribution >= 0.6 is 34.9 Å². The van der Waals surface area contributed by atoms with Gasteiger partial charge >= 0.3 is 0 Å². The van der Waals surface area contributed by atoms with Crippen molar-refractivity contribution < 1.29 is 18.4 Å². The predicted octanol–water partition coefficient (Wildman–Crippen LogP) is 9.34. The maximum absolute atomic E-state index is 13.2. The first-order valence-electron chi connectivity index (χ1n) is 12.5. The van der Waals surface area contributed by atoms with Gasteiger partial charge in [-0.1, -0.05) is 24.3 Å². The quantitative estimate of drug-likeness (QED) is 0.203. The van der Waals surface area contributed by atoms with E-state index in [4.69, 9.17) is 8.83 Å². The summed E-state index contributed by atoms with van der Waals surface area (Å²) in [5, 5.41) is -0.164. The van der Waals surface area contributed by atoms with Gasteiger partial charge < -0.3 is 8.83 Å². The molecule has 0 amide bonds. The maximum atomic E-state index is 13.2. The van der Waals surface area contributed by atoms with Crippen LogP contribution in [0.25, 0.3) is 43.7 Å². The Bertz CT molecular complexity index is 1900. The molecule has 4 nitrogen and oxygen atoms in total. The minimum Gasteiger partial charge on any atom is -0.461 e. The molecule has 7 rings (SSSR count). The molecule has 39 heavy (non-hydrogen) atoms. The second kappa shape index (κ2) is 9.01. The van der Waals surface area contributed by atoms with Gasteiger partial charge in [0.05, 0.1) is 9.75 Å². The fourth-order valence-electron chi connectivity index (χ4n) is 5.12. The van der Waals surface area contributed by atoms with Gasteiger partial charge in [-0.3, -0.25) is 9.59 Å². The molecule has 0 saturated carbocycles. The zero-order valence-corrected chi connectivity index (χ0v) is 24.1. The first-order valence-corrected chi connectivity index (χ1v) is 14.9. The molecule has 0 unspecified atom stereocenters. The minimum atomic E-state index is -0.0926. The lowest BCUT2D eigenvalue weighted by atomic mass is 9.95. The summed E-state index contributed by atoms with van der Waals surface area (Å²) in [5.74, 6) is 3.30. The van der Waals surface area contributed by atoms with Crippen LogP contribution in [-0.4, -0.2) is 10.2 Å². The summed E-state index contributed by atoms with van der Waals surface area (Å²) < 4.78 is 12.2. The summed E-state index contributed by atoms with van der Waals surface area (Å²) in [5.41, 5.74) is 7.02. The molecule has 2 aromatic carbocycles. The Morgan fingerprint density at radius 1 is 0.590 bits per heavy atom. The van der Waals surface area contributed by atoms with Crippen molar-refractivity contribution in [2.24, 2.45) is 0 Å². The average Bonchev–Trinajstić information content (AvgIpc) is 3.71. The van der Waals surface area contributed by atoms with Crippen LogP contribution in [0.4, 0.5) is 0 Å². The van der Waals surface area contributed by atoms with Gasteiger partial charge in [0.1, 0.15) is 23.0 Å². The van der Waals surface area contributed by atoms with Crippen LogP contribution in [0.15, 0.2) is 79.3 Å². The Morgan fingerprint density at radius 3 is 1.79 bits per heavy atom. The van der Waals surface area contributed by atoms with Crippen LogP contribution < -0.4 is 0 Å². The number of hydrogen-bond donors (Lipinski definition) is 0. The lowest BCUT2D eigenvalue weighted by Gasteiger charge is -2.06. The van der Waals surface area contributed by atoms with Gasteiger partial charge in [-0.15, -0.1) is 11.3 Å². The molecule has 0 spiro atoms. The largest absolute Gasteiger partial charge is 0.461 e. The first-order chi connectivity index (χ1) is 18.8. The average molecular weight is 567 g/mol. The molecule has 0 saturated heterocycles. The highest BCUT2D eigenvalue weighted by Crippen LogP contribution is 2.51. The minimum absolute atomic E-state index is 0.0714. The highest BCUT2D eigenvalue weighted by atomic mass is 32.2. The predicted molar refractivity (Wildman–Crippen MR) is 159 cm³/mol. The van der Waals surface area contributed by atoms with E-state index in [2.05, 4.69) is 13.8 Å². The smallest absolute Gasteiger partial charge is 0.225 e. The number of thioether (sulfide) groups is 2. The molecule has 0 N–H and O–H groups in total. The van der Waals surface area contributed by atoms with E-state index in [1.54, 1.807) is 11.3 Å². The van der Waals surface area contributed by atoms with Crippen molar-refractivity contribution >= 4 is 56.2 Å². The lowest BCUT2D eigenvalue weighted by molar-refractivity contribution is -0.107. The zero-order chi connectivity index (χ0) is 27.0. The Balaban J connectivity index is 1.25. The van der Waals surface area contributed by atoms with Crippen LogP contribution in [-0.2, 0) is 9.59 Å². The fourth-order valence-corrected chi connectivity index (χ4v) is 8.38. The van der Waals surface area contributed by atoms with E-state index in [0.29, 0.717) is 11.1 Å². The molecular formula is C32H22O4S3. The van der Waals surface area contributed by atoms with Crippen LogP contribution in [0.5, 0.6) is 0 Å². The third kappa shape index (κ3) is 3.91. The Morgan fingerprint density at radius 2 is 1.15 bits per heavy atom. The molecule has 5 heterocycles. The summed E-state index contributed by atoms with van der Waals surface area (Å²) in [6, 6.07) is 19.8. The van der Waals surface area contributed by atoms with Crippen molar-refractivity contribution in [1.29, 1.82) is 0 Å². The summed E-state index contributed by atoms with van der Waals surface area (Å²) in [7, 11) is 0. The highest BCUT2D eigenvalue weighted by molar-refractivity contribution is 8.16. The van der Waals surface area contributed by atoms with Crippen molar-refractivity contribution in [3.05, 3.63) is 94.2 Å². The van der Waals surface area contributed by atoms with Gasteiger partial charge in [0.2, 0.25) is 10.2 Å². The van der Waals surface area contributed by atoms with Gasteiger partial charge in [0.15, 0.2) is 0 Å². The SMILES string of the molecule is Cc1ccc2c(c1)SC(=O)/C2=C1/C(=O)Sc2cc(-c3ccc(-c4sc(-c5ccc(C)o5)c(C)c4C)o3)ccc21. The lowest BCUT2D eigenvalue weighted by Crippen LogP contribution is -1.99.